The number of aromatic nitrogens is 1. The van der Waals surface area contributed by atoms with E-state index in [2.05, 4.69) is 4.98 Å². The molecule has 5 heteroatoms. The summed E-state index contributed by atoms with van der Waals surface area (Å²) in [5, 5.41) is 0.577. The number of ketones is 1. The van der Waals surface area contributed by atoms with E-state index < -0.39 is 0 Å². The lowest BCUT2D eigenvalue weighted by atomic mass is 10.0. The first-order valence-electron chi connectivity index (χ1n) is 6.72. The van der Waals surface area contributed by atoms with Crippen LogP contribution in [0, 0.1) is 0 Å². The third-order valence-electron chi connectivity index (χ3n) is 3.47. The molecule has 2 aromatic rings. The minimum atomic E-state index is -0.158. The molecular formula is C16H13ClN2O2. The van der Waals surface area contributed by atoms with Crippen LogP contribution in [-0.2, 0) is 4.79 Å². The molecule has 1 fully saturated rings. The molecule has 0 N–H and O–H groups in total. The first-order valence-corrected chi connectivity index (χ1v) is 7.10. The number of rotatable bonds is 3. The highest BCUT2D eigenvalue weighted by atomic mass is 35.5. The molecule has 1 aliphatic rings. The number of carbonyl (C=O) groups excluding carboxylic acids is 2. The molecule has 0 atom stereocenters. The van der Waals surface area contributed by atoms with E-state index in [4.69, 9.17) is 11.6 Å². The number of amides is 1. The minimum absolute atomic E-state index is 0.0128. The number of hydrogen-bond acceptors (Lipinski definition) is 3. The van der Waals surface area contributed by atoms with Crippen molar-refractivity contribution in [2.45, 2.75) is 12.8 Å². The van der Waals surface area contributed by atoms with E-state index in [0.717, 1.165) is 6.42 Å². The van der Waals surface area contributed by atoms with Gasteiger partial charge in [-0.15, -0.1) is 0 Å². The highest BCUT2D eigenvalue weighted by molar-refractivity contribution is 6.30. The zero-order valence-electron chi connectivity index (χ0n) is 11.3. The van der Waals surface area contributed by atoms with Gasteiger partial charge < -0.3 is 0 Å². The zero-order chi connectivity index (χ0) is 14.8. The lowest BCUT2D eigenvalue weighted by molar-refractivity contribution is -0.117. The lowest BCUT2D eigenvalue weighted by Crippen LogP contribution is -2.27. The van der Waals surface area contributed by atoms with Crippen LogP contribution >= 0.6 is 11.6 Å². The summed E-state index contributed by atoms with van der Waals surface area (Å²) in [6, 6.07) is 10.1. The SMILES string of the molecule is O=C(c1ccc(Cl)cc1)c1cccnc1N1CCCC1=O. The van der Waals surface area contributed by atoms with Crippen LogP contribution in [0.3, 0.4) is 0 Å². The summed E-state index contributed by atoms with van der Waals surface area (Å²) in [5.41, 5.74) is 0.968. The van der Waals surface area contributed by atoms with E-state index >= 15 is 0 Å². The van der Waals surface area contributed by atoms with Crippen LogP contribution in [0.2, 0.25) is 5.02 Å². The average molecular weight is 301 g/mol. The fourth-order valence-electron chi connectivity index (χ4n) is 2.42. The van der Waals surface area contributed by atoms with Gasteiger partial charge in [-0.3, -0.25) is 14.5 Å². The van der Waals surface area contributed by atoms with Crippen LogP contribution in [-0.4, -0.2) is 23.2 Å². The summed E-state index contributed by atoms with van der Waals surface area (Å²) in [5.74, 6) is 0.299. The molecular weight excluding hydrogens is 288 g/mol. The Labute approximate surface area is 127 Å². The van der Waals surface area contributed by atoms with Gasteiger partial charge in [-0.05, 0) is 42.8 Å². The van der Waals surface area contributed by atoms with Crippen molar-refractivity contribution in [2.24, 2.45) is 0 Å². The third kappa shape index (κ3) is 2.67. The van der Waals surface area contributed by atoms with Crippen molar-refractivity contribution in [2.75, 3.05) is 11.4 Å². The van der Waals surface area contributed by atoms with Crippen molar-refractivity contribution < 1.29 is 9.59 Å². The standard InChI is InChI=1S/C16H13ClN2O2/c17-12-7-5-11(6-8-12)15(21)13-3-1-9-18-16(13)19-10-2-4-14(19)20/h1,3,5-9H,2,4,10H2. The molecule has 0 aliphatic carbocycles. The molecule has 2 heterocycles. The largest absolute Gasteiger partial charge is 0.296 e. The quantitative estimate of drug-likeness (QED) is 0.819. The molecule has 0 unspecified atom stereocenters. The molecule has 1 saturated heterocycles. The molecule has 0 saturated carbocycles. The van der Waals surface area contributed by atoms with Gasteiger partial charge in [0.25, 0.3) is 0 Å². The number of pyridine rings is 1. The van der Waals surface area contributed by atoms with E-state index in [1.807, 2.05) is 0 Å². The molecule has 3 rings (SSSR count). The Morgan fingerprint density at radius 2 is 1.95 bits per heavy atom. The van der Waals surface area contributed by atoms with E-state index in [0.29, 0.717) is 34.9 Å². The van der Waals surface area contributed by atoms with Crippen molar-refractivity contribution in [3.8, 4) is 0 Å². The molecule has 0 bridgehead atoms. The number of benzene rings is 1. The van der Waals surface area contributed by atoms with Gasteiger partial charge in [0.2, 0.25) is 5.91 Å². The minimum Gasteiger partial charge on any atom is -0.296 e. The smallest absolute Gasteiger partial charge is 0.228 e. The Bertz CT molecular complexity index is 698. The summed E-state index contributed by atoms with van der Waals surface area (Å²) in [6.07, 6.45) is 2.90. The van der Waals surface area contributed by atoms with Gasteiger partial charge in [0, 0.05) is 29.7 Å². The van der Waals surface area contributed by atoms with Crippen molar-refractivity contribution in [1.29, 1.82) is 0 Å². The number of anilines is 1. The van der Waals surface area contributed by atoms with Gasteiger partial charge in [-0.2, -0.15) is 0 Å². The fourth-order valence-corrected chi connectivity index (χ4v) is 2.54. The second-order valence-electron chi connectivity index (χ2n) is 4.86. The van der Waals surface area contributed by atoms with Gasteiger partial charge in [-0.25, -0.2) is 4.98 Å². The molecule has 0 spiro atoms. The maximum atomic E-state index is 12.6. The summed E-state index contributed by atoms with van der Waals surface area (Å²) >= 11 is 5.84. The Balaban J connectivity index is 2.00. The van der Waals surface area contributed by atoms with Gasteiger partial charge in [0.1, 0.15) is 5.82 Å². The van der Waals surface area contributed by atoms with Crippen LogP contribution in [0.25, 0.3) is 0 Å². The topological polar surface area (TPSA) is 50.3 Å². The predicted molar refractivity (Wildman–Crippen MR) is 80.7 cm³/mol. The van der Waals surface area contributed by atoms with E-state index in [1.165, 1.54) is 0 Å². The number of hydrogen-bond donors (Lipinski definition) is 0. The Morgan fingerprint density at radius 1 is 1.19 bits per heavy atom. The van der Waals surface area contributed by atoms with E-state index in [-0.39, 0.29) is 11.7 Å². The third-order valence-corrected chi connectivity index (χ3v) is 3.72. The summed E-state index contributed by atoms with van der Waals surface area (Å²) in [6.45, 7) is 0.608. The summed E-state index contributed by atoms with van der Waals surface area (Å²) in [4.78, 5) is 30.3. The Morgan fingerprint density at radius 3 is 2.62 bits per heavy atom. The second kappa shape index (κ2) is 5.66. The number of halogens is 1. The van der Waals surface area contributed by atoms with Crippen molar-refractivity contribution in [3.05, 3.63) is 58.7 Å². The Hall–Kier alpha value is -2.20. The van der Waals surface area contributed by atoms with E-state index in [1.54, 1.807) is 47.5 Å². The summed E-state index contributed by atoms with van der Waals surface area (Å²) < 4.78 is 0. The van der Waals surface area contributed by atoms with Crippen LogP contribution in [0.5, 0.6) is 0 Å². The zero-order valence-corrected chi connectivity index (χ0v) is 12.0. The lowest BCUT2D eigenvalue weighted by Gasteiger charge is -2.17. The maximum Gasteiger partial charge on any atom is 0.228 e. The predicted octanol–water partition coefficient (Wildman–Crippen LogP) is 3.09. The highest BCUT2D eigenvalue weighted by Gasteiger charge is 2.27. The van der Waals surface area contributed by atoms with Crippen LogP contribution in [0.4, 0.5) is 5.82 Å². The second-order valence-corrected chi connectivity index (χ2v) is 5.30. The molecule has 1 aromatic heterocycles. The van der Waals surface area contributed by atoms with Gasteiger partial charge in [0.15, 0.2) is 5.78 Å². The van der Waals surface area contributed by atoms with Crippen molar-refractivity contribution >= 4 is 29.1 Å². The summed E-state index contributed by atoms with van der Waals surface area (Å²) in [7, 11) is 0. The van der Waals surface area contributed by atoms with Crippen LogP contribution < -0.4 is 4.90 Å². The van der Waals surface area contributed by atoms with Gasteiger partial charge in [-0.1, -0.05) is 11.6 Å². The van der Waals surface area contributed by atoms with Gasteiger partial charge >= 0.3 is 0 Å². The van der Waals surface area contributed by atoms with E-state index in [9.17, 15) is 9.59 Å². The monoisotopic (exact) mass is 300 g/mol. The fraction of sp³-hybridized carbons (Fsp3) is 0.188. The first-order chi connectivity index (χ1) is 10.2. The average Bonchev–Trinajstić information content (AvgIpc) is 2.93. The van der Waals surface area contributed by atoms with Crippen molar-refractivity contribution in [3.63, 3.8) is 0 Å². The van der Waals surface area contributed by atoms with Gasteiger partial charge in [0.05, 0.1) is 5.56 Å². The normalized spacial score (nSPS) is 14.5. The Kier molecular flexibility index (Phi) is 3.71. The molecule has 0 radical (unpaired) electrons. The number of carbonyl (C=O) groups is 2. The molecule has 1 aromatic carbocycles. The van der Waals surface area contributed by atoms with Crippen LogP contribution in [0.15, 0.2) is 42.6 Å². The first kappa shape index (κ1) is 13.8. The molecule has 1 amide bonds. The highest BCUT2D eigenvalue weighted by Crippen LogP contribution is 2.25. The van der Waals surface area contributed by atoms with Crippen molar-refractivity contribution in [1.82, 2.24) is 4.98 Å². The molecule has 1 aliphatic heterocycles. The number of nitrogens with zero attached hydrogens (tertiary/aromatic N) is 2. The molecule has 106 valence electrons. The maximum absolute atomic E-state index is 12.6. The molecule has 4 nitrogen and oxygen atoms in total. The molecule has 21 heavy (non-hydrogen) atoms. The van der Waals surface area contributed by atoms with Crippen LogP contribution in [0.1, 0.15) is 28.8 Å².